The molecular formula is C15H11N3O3. The Bertz CT molecular complexity index is 906. The van der Waals surface area contributed by atoms with E-state index in [1.54, 1.807) is 22.7 Å². The molecule has 3 aromatic rings. The van der Waals surface area contributed by atoms with E-state index in [0.29, 0.717) is 16.7 Å². The Labute approximate surface area is 119 Å². The summed E-state index contributed by atoms with van der Waals surface area (Å²) < 4.78 is 6.84. The number of carbonyl (C=O) groups excluding carboxylic acids is 1. The Morgan fingerprint density at radius 3 is 2.90 bits per heavy atom. The van der Waals surface area contributed by atoms with E-state index in [9.17, 15) is 9.90 Å². The first kappa shape index (κ1) is 12.8. The molecule has 0 saturated heterocycles. The second-order valence-electron chi connectivity index (χ2n) is 4.48. The van der Waals surface area contributed by atoms with Crippen molar-refractivity contribution in [3.05, 3.63) is 42.1 Å². The van der Waals surface area contributed by atoms with Gasteiger partial charge in [-0.15, -0.1) is 0 Å². The molecule has 0 aliphatic rings. The van der Waals surface area contributed by atoms with Gasteiger partial charge in [0.05, 0.1) is 17.3 Å². The topological polar surface area (TPSA) is 101 Å². The predicted octanol–water partition coefficient (Wildman–Crippen LogP) is 1.80. The van der Waals surface area contributed by atoms with Crippen molar-refractivity contribution < 1.29 is 14.6 Å². The molecule has 0 fully saturated rings. The molecular weight excluding hydrogens is 270 g/mol. The van der Waals surface area contributed by atoms with E-state index in [0.717, 1.165) is 5.52 Å². The van der Waals surface area contributed by atoms with E-state index in [-0.39, 0.29) is 17.9 Å². The minimum absolute atomic E-state index is 0.129. The fourth-order valence-corrected chi connectivity index (χ4v) is 2.46. The predicted molar refractivity (Wildman–Crippen MR) is 76.2 cm³/mol. The lowest BCUT2D eigenvalue weighted by Gasteiger charge is -2.06. The Hall–Kier alpha value is -3.20. The lowest BCUT2D eigenvalue weighted by molar-refractivity contribution is 0.100. The normalized spacial score (nSPS) is 10.6. The Balaban J connectivity index is 2.40. The molecule has 6 heteroatoms. The van der Waals surface area contributed by atoms with Crippen molar-refractivity contribution in [3.63, 3.8) is 0 Å². The molecule has 3 rings (SSSR count). The maximum absolute atomic E-state index is 11.7. The van der Waals surface area contributed by atoms with Crippen molar-refractivity contribution in [2.24, 2.45) is 5.73 Å². The van der Waals surface area contributed by atoms with Crippen LogP contribution in [0.2, 0.25) is 0 Å². The van der Waals surface area contributed by atoms with Crippen molar-refractivity contribution in [1.29, 1.82) is 5.26 Å². The van der Waals surface area contributed by atoms with Crippen LogP contribution in [0, 0.1) is 11.3 Å². The maximum Gasteiger partial charge on any atom is 0.251 e. The maximum atomic E-state index is 11.7. The minimum atomic E-state index is -0.616. The fraction of sp³-hybridized carbons (Fsp3) is 0.0667. The van der Waals surface area contributed by atoms with Crippen molar-refractivity contribution >= 4 is 22.3 Å². The summed E-state index contributed by atoms with van der Waals surface area (Å²) in [6, 6.07) is 10.4. The third-order valence-corrected chi connectivity index (χ3v) is 3.24. The second-order valence-corrected chi connectivity index (χ2v) is 4.48. The number of aromatic nitrogens is 1. The quantitative estimate of drug-likeness (QED) is 0.764. The lowest BCUT2D eigenvalue weighted by atomic mass is 10.1. The average Bonchev–Trinajstić information content (AvgIpc) is 2.80. The number of benzene rings is 1. The number of rotatable bonds is 3. The summed E-state index contributed by atoms with van der Waals surface area (Å²) in [5, 5.41) is 19.4. The Morgan fingerprint density at radius 2 is 2.19 bits per heavy atom. The van der Waals surface area contributed by atoms with Crippen molar-refractivity contribution in [3.8, 4) is 17.6 Å². The van der Waals surface area contributed by atoms with Gasteiger partial charge in [0.15, 0.2) is 6.61 Å². The molecule has 1 amide bonds. The summed E-state index contributed by atoms with van der Waals surface area (Å²) in [5.41, 5.74) is 6.75. The molecule has 0 radical (unpaired) electrons. The first-order valence-corrected chi connectivity index (χ1v) is 6.19. The van der Waals surface area contributed by atoms with Crippen LogP contribution in [0.4, 0.5) is 0 Å². The largest absolute Gasteiger partial charge is 0.506 e. The number of hydrogen-bond acceptors (Lipinski definition) is 4. The summed E-state index contributed by atoms with van der Waals surface area (Å²) in [7, 11) is 0. The number of nitriles is 1. The molecule has 1 aromatic carbocycles. The molecule has 2 heterocycles. The number of aromatic hydroxyl groups is 1. The number of amides is 1. The van der Waals surface area contributed by atoms with Gasteiger partial charge in [0.2, 0.25) is 0 Å². The third kappa shape index (κ3) is 1.92. The number of para-hydroxylation sites is 1. The fourth-order valence-electron chi connectivity index (χ4n) is 2.46. The van der Waals surface area contributed by atoms with Crippen LogP contribution in [0.3, 0.4) is 0 Å². The third-order valence-electron chi connectivity index (χ3n) is 3.24. The molecule has 0 bridgehead atoms. The highest BCUT2D eigenvalue weighted by atomic mass is 16.5. The van der Waals surface area contributed by atoms with Crippen LogP contribution in [-0.4, -0.2) is 22.0 Å². The van der Waals surface area contributed by atoms with Gasteiger partial charge < -0.3 is 20.0 Å². The van der Waals surface area contributed by atoms with Gasteiger partial charge in [-0.1, -0.05) is 18.2 Å². The zero-order valence-corrected chi connectivity index (χ0v) is 10.9. The van der Waals surface area contributed by atoms with Gasteiger partial charge in [-0.05, 0) is 6.07 Å². The van der Waals surface area contributed by atoms with Gasteiger partial charge in [-0.3, -0.25) is 4.79 Å². The van der Waals surface area contributed by atoms with Crippen molar-refractivity contribution in [2.45, 2.75) is 0 Å². The number of fused-ring (bicyclic) bond motifs is 3. The highest BCUT2D eigenvalue weighted by molar-refractivity contribution is 6.14. The number of carbonyl (C=O) groups is 1. The lowest BCUT2D eigenvalue weighted by Crippen LogP contribution is -2.10. The summed E-state index contributed by atoms with van der Waals surface area (Å²) in [5.74, 6) is -0.413. The molecule has 0 unspecified atom stereocenters. The van der Waals surface area contributed by atoms with Gasteiger partial charge in [-0.25, -0.2) is 0 Å². The highest BCUT2D eigenvalue weighted by Gasteiger charge is 2.19. The monoisotopic (exact) mass is 281 g/mol. The van der Waals surface area contributed by atoms with Gasteiger partial charge in [-0.2, -0.15) is 5.26 Å². The molecule has 6 nitrogen and oxygen atoms in total. The summed E-state index contributed by atoms with van der Waals surface area (Å²) >= 11 is 0. The van der Waals surface area contributed by atoms with Crippen LogP contribution in [0.25, 0.3) is 16.4 Å². The summed E-state index contributed by atoms with van der Waals surface area (Å²) in [6.45, 7) is -0.132. The number of pyridine rings is 1. The standard InChI is InChI=1S/C15H11N3O3/c16-5-6-21-9-7-12(19)14-13(15(17)20)10-3-1-2-4-11(10)18(14)8-9/h1-4,7-8,19H,6H2,(H2,17,20). The van der Waals surface area contributed by atoms with E-state index < -0.39 is 5.91 Å². The molecule has 2 aromatic heterocycles. The van der Waals surface area contributed by atoms with Crippen LogP contribution in [0.1, 0.15) is 10.4 Å². The van der Waals surface area contributed by atoms with E-state index in [1.165, 1.54) is 6.07 Å². The molecule has 0 aliphatic carbocycles. The molecule has 3 N–H and O–H groups in total. The number of hydrogen-bond donors (Lipinski definition) is 2. The van der Waals surface area contributed by atoms with Crippen LogP contribution >= 0.6 is 0 Å². The summed E-state index contributed by atoms with van der Waals surface area (Å²) in [4.78, 5) is 11.7. The SMILES string of the molecule is N#CCOc1cc(O)c2c(C(N)=O)c3ccccc3n2c1. The zero-order chi connectivity index (χ0) is 15.0. The molecule has 0 spiro atoms. The number of nitrogens with zero attached hydrogens (tertiary/aromatic N) is 2. The molecule has 104 valence electrons. The molecule has 0 saturated carbocycles. The van der Waals surface area contributed by atoms with E-state index in [1.807, 2.05) is 18.2 Å². The Morgan fingerprint density at radius 1 is 1.43 bits per heavy atom. The second kappa shape index (κ2) is 4.72. The average molecular weight is 281 g/mol. The van der Waals surface area contributed by atoms with Crippen LogP contribution < -0.4 is 10.5 Å². The van der Waals surface area contributed by atoms with Crippen molar-refractivity contribution in [1.82, 2.24) is 4.40 Å². The highest BCUT2D eigenvalue weighted by Crippen LogP contribution is 2.34. The first-order chi connectivity index (χ1) is 10.1. The zero-order valence-electron chi connectivity index (χ0n) is 10.9. The van der Waals surface area contributed by atoms with E-state index >= 15 is 0 Å². The number of ether oxygens (including phenoxy) is 1. The minimum Gasteiger partial charge on any atom is -0.506 e. The summed E-state index contributed by atoms with van der Waals surface area (Å²) in [6.07, 6.45) is 1.61. The molecule has 21 heavy (non-hydrogen) atoms. The van der Waals surface area contributed by atoms with Crippen LogP contribution in [0.15, 0.2) is 36.5 Å². The molecule has 0 aliphatic heterocycles. The van der Waals surface area contributed by atoms with Gasteiger partial charge in [0, 0.05) is 11.5 Å². The van der Waals surface area contributed by atoms with Crippen LogP contribution in [-0.2, 0) is 0 Å². The number of nitrogens with two attached hydrogens (primary N) is 1. The van der Waals surface area contributed by atoms with Gasteiger partial charge in [0.25, 0.3) is 5.91 Å². The van der Waals surface area contributed by atoms with E-state index in [4.69, 9.17) is 15.7 Å². The number of primary amides is 1. The van der Waals surface area contributed by atoms with E-state index in [2.05, 4.69) is 0 Å². The van der Waals surface area contributed by atoms with Crippen LogP contribution in [0.5, 0.6) is 11.5 Å². The van der Waals surface area contributed by atoms with Gasteiger partial charge >= 0.3 is 0 Å². The first-order valence-electron chi connectivity index (χ1n) is 6.19. The molecule has 0 atom stereocenters. The van der Waals surface area contributed by atoms with Gasteiger partial charge in [0.1, 0.15) is 23.1 Å². The Kier molecular flexibility index (Phi) is 2.88. The smallest absolute Gasteiger partial charge is 0.251 e. The van der Waals surface area contributed by atoms with Crippen molar-refractivity contribution in [2.75, 3.05) is 6.61 Å².